The lowest BCUT2D eigenvalue weighted by molar-refractivity contribution is -0.122. The summed E-state index contributed by atoms with van der Waals surface area (Å²) < 4.78 is 0.718. The van der Waals surface area contributed by atoms with E-state index in [0.717, 1.165) is 33.0 Å². The number of nitrogens with zero attached hydrogens (tertiary/aromatic N) is 1. The van der Waals surface area contributed by atoms with E-state index < -0.39 is 0 Å². The Balaban J connectivity index is 1.64. The average molecular weight is 324 g/mol. The van der Waals surface area contributed by atoms with Gasteiger partial charge in [-0.1, -0.05) is 55.7 Å². The number of carbonyl (C=O) groups is 1. The molecule has 0 N–H and O–H groups in total. The predicted octanol–water partition coefficient (Wildman–Crippen LogP) is 4.53. The molecule has 0 unspecified atom stereocenters. The molecule has 1 aromatic heterocycles. The monoisotopic (exact) mass is 323 g/mol. The van der Waals surface area contributed by atoms with E-state index in [1.54, 1.807) is 16.2 Å². The van der Waals surface area contributed by atoms with Crippen LogP contribution >= 0.6 is 35.3 Å². The maximum atomic E-state index is 12.4. The Bertz CT molecular complexity index is 529. The van der Waals surface area contributed by atoms with Crippen LogP contribution in [0.4, 0.5) is 0 Å². The summed E-state index contributed by atoms with van der Waals surface area (Å²) >= 11 is 8.44. The van der Waals surface area contributed by atoms with Crippen molar-refractivity contribution < 1.29 is 4.79 Å². The number of thiocarbonyl (C=S) groups is 1. The van der Waals surface area contributed by atoms with Crippen molar-refractivity contribution in [3.63, 3.8) is 0 Å². The van der Waals surface area contributed by atoms with Gasteiger partial charge in [-0.25, -0.2) is 0 Å². The minimum Gasteiger partial charge on any atom is -0.293 e. The molecule has 1 aromatic rings. The summed E-state index contributed by atoms with van der Waals surface area (Å²) in [5.41, 5.74) is 0. The molecule has 1 aliphatic heterocycles. The molecule has 0 aromatic carbocycles. The fraction of sp³-hybridized carbons (Fsp3) is 0.467. The molecule has 0 atom stereocenters. The first-order chi connectivity index (χ1) is 9.74. The van der Waals surface area contributed by atoms with E-state index in [4.69, 9.17) is 12.2 Å². The summed E-state index contributed by atoms with van der Waals surface area (Å²) in [5, 5.41) is 2.02. The van der Waals surface area contributed by atoms with Gasteiger partial charge in [-0.2, -0.15) is 0 Å². The Morgan fingerprint density at radius 3 is 2.90 bits per heavy atom. The second-order valence-corrected chi connectivity index (χ2v) is 7.94. The summed E-state index contributed by atoms with van der Waals surface area (Å²) in [6.45, 7) is 0.789. The van der Waals surface area contributed by atoms with Gasteiger partial charge in [0.25, 0.3) is 5.91 Å². The van der Waals surface area contributed by atoms with Crippen LogP contribution in [0.5, 0.6) is 0 Å². The largest absolute Gasteiger partial charge is 0.293 e. The molecular formula is C15H17NOS3. The third-order valence-corrected chi connectivity index (χ3v) is 6.12. The number of hydrogen-bond donors (Lipinski definition) is 0. The zero-order valence-electron chi connectivity index (χ0n) is 11.2. The van der Waals surface area contributed by atoms with Gasteiger partial charge in [0.15, 0.2) is 0 Å². The van der Waals surface area contributed by atoms with Gasteiger partial charge in [0.05, 0.1) is 4.91 Å². The van der Waals surface area contributed by atoms with Gasteiger partial charge >= 0.3 is 0 Å². The van der Waals surface area contributed by atoms with Crippen molar-refractivity contribution in [1.82, 2.24) is 4.90 Å². The van der Waals surface area contributed by atoms with Crippen LogP contribution in [-0.2, 0) is 4.79 Å². The van der Waals surface area contributed by atoms with Gasteiger partial charge in [0.2, 0.25) is 0 Å². The molecule has 5 heteroatoms. The van der Waals surface area contributed by atoms with Crippen molar-refractivity contribution in [2.45, 2.75) is 32.1 Å². The summed E-state index contributed by atoms with van der Waals surface area (Å²) in [4.78, 5) is 16.1. The number of carbonyl (C=O) groups excluding carboxylic acids is 1. The number of rotatable bonds is 4. The molecule has 1 saturated heterocycles. The molecule has 3 rings (SSSR count). The van der Waals surface area contributed by atoms with Gasteiger partial charge in [-0.05, 0) is 29.9 Å². The quantitative estimate of drug-likeness (QED) is 0.600. The lowest BCUT2D eigenvalue weighted by atomic mass is 10.0. The smallest absolute Gasteiger partial charge is 0.266 e. The molecule has 1 saturated carbocycles. The Morgan fingerprint density at radius 1 is 1.40 bits per heavy atom. The third kappa shape index (κ3) is 3.15. The van der Waals surface area contributed by atoms with Crippen molar-refractivity contribution in [3.8, 4) is 0 Å². The fourth-order valence-electron chi connectivity index (χ4n) is 2.81. The van der Waals surface area contributed by atoms with Crippen LogP contribution in [0.25, 0.3) is 6.08 Å². The van der Waals surface area contributed by atoms with Gasteiger partial charge in [0.1, 0.15) is 4.32 Å². The highest BCUT2D eigenvalue weighted by atomic mass is 32.2. The van der Waals surface area contributed by atoms with E-state index in [9.17, 15) is 4.79 Å². The minimum absolute atomic E-state index is 0.0893. The van der Waals surface area contributed by atoms with Crippen molar-refractivity contribution in [1.29, 1.82) is 0 Å². The van der Waals surface area contributed by atoms with E-state index in [-0.39, 0.29) is 5.91 Å². The second kappa shape index (κ2) is 6.41. The topological polar surface area (TPSA) is 20.3 Å². The maximum absolute atomic E-state index is 12.4. The number of hydrogen-bond acceptors (Lipinski definition) is 4. The standard InChI is InChI=1S/C15H17NOS3/c17-14-13(10-12-6-3-9-19-12)20-15(18)16(14)8-7-11-4-1-2-5-11/h3,6,9-11H,1-2,4-5,7-8H2. The molecular weight excluding hydrogens is 306 g/mol. The predicted molar refractivity (Wildman–Crippen MR) is 90.8 cm³/mol. The summed E-state index contributed by atoms with van der Waals surface area (Å²) in [6, 6.07) is 4.02. The third-order valence-electron chi connectivity index (χ3n) is 3.93. The lowest BCUT2D eigenvalue weighted by Crippen LogP contribution is -2.30. The molecule has 0 bridgehead atoms. The minimum atomic E-state index is 0.0893. The average Bonchev–Trinajstić information content (AvgIpc) is 3.13. The van der Waals surface area contributed by atoms with E-state index in [1.807, 2.05) is 23.6 Å². The second-order valence-electron chi connectivity index (χ2n) is 5.29. The molecule has 0 radical (unpaired) electrons. The van der Waals surface area contributed by atoms with E-state index >= 15 is 0 Å². The molecule has 2 heterocycles. The molecule has 1 amide bonds. The highest BCUT2D eigenvalue weighted by Gasteiger charge is 2.32. The van der Waals surface area contributed by atoms with Crippen molar-refractivity contribution in [3.05, 3.63) is 27.3 Å². The first-order valence-corrected chi connectivity index (χ1v) is 9.13. The van der Waals surface area contributed by atoms with Gasteiger partial charge < -0.3 is 0 Å². The van der Waals surface area contributed by atoms with Crippen LogP contribution in [0.3, 0.4) is 0 Å². The lowest BCUT2D eigenvalue weighted by Gasteiger charge is -2.17. The summed E-state index contributed by atoms with van der Waals surface area (Å²) in [5.74, 6) is 0.882. The maximum Gasteiger partial charge on any atom is 0.266 e. The van der Waals surface area contributed by atoms with Crippen molar-refractivity contribution >= 4 is 51.6 Å². The van der Waals surface area contributed by atoms with Crippen molar-refractivity contribution in [2.24, 2.45) is 5.92 Å². The molecule has 2 nitrogen and oxygen atoms in total. The van der Waals surface area contributed by atoms with Gasteiger partial charge in [0, 0.05) is 11.4 Å². The van der Waals surface area contributed by atoms with Crippen LogP contribution in [0, 0.1) is 5.92 Å². The fourth-order valence-corrected chi connectivity index (χ4v) is 4.84. The summed E-state index contributed by atoms with van der Waals surface area (Å²) in [6.07, 6.45) is 8.39. The van der Waals surface area contributed by atoms with Crippen LogP contribution < -0.4 is 0 Å². The molecule has 0 spiro atoms. The first-order valence-electron chi connectivity index (χ1n) is 7.03. The molecule has 2 aliphatic rings. The van der Waals surface area contributed by atoms with Crippen LogP contribution in [0.15, 0.2) is 22.4 Å². The SMILES string of the molecule is O=C1C(=Cc2cccs2)SC(=S)N1CCC1CCCC1. The highest BCUT2D eigenvalue weighted by molar-refractivity contribution is 8.26. The van der Waals surface area contributed by atoms with E-state index in [1.165, 1.54) is 37.4 Å². The van der Waals surface area contributed by atoms with Gasteiger partial charge in [-0.15, -0.1) is 11.3 Å². The highest BCUT2D eigenvalue weighted by Crippen LogP contribution is 2.35. The molecule has 20 heavy (non-hydrogen) atoms. The van der Waals surface area contributed by atoms with Crippen LogP contribution in [0.2, 0.25) is 0 Å². The number of thiophene rings is 1. The number of amides is 1. The van der Waals surface area contributed by atoms with Crippen LogP contribution in [0.1, 0.15) is 37.0 Å². The Morgan fingerprint density at radius 2 is 2.20 bits per heavy atom. The number of thioether (sulfide) groups is 1. The van der Waals surface area contributed by atoms with E-state index in [0.29, 0.717) is 0 Å². The molecule has 1 aliphatic carbocycles. The summed E-state index contributed by atoms with van der Waals surface area (Å²) in [7, 11) is 0. The zero-order chi connectivity index (χ0) is 13.9. The van der Waals surface area contributed by atoms with Crippen LogP contribution in [-0.4, -0.2) is 21.7 Å². The Kier molecular flexibility index (Phi) is 4.58. The Labute approximate surface area is 133 Å². The molecule has 2 fully saturated rings. The van der Waals surface area contributed by atoms with Gasteiger partial charge in [-0.3, -0.25) is 9.69 Å². The first kappa shape index (κ1) is 14.3. The van der Waals surface area contributed by atoms with E-state index in [2.05, 4.69) is 0 Å². The molecule has 106 valence electrons. The normalized spacial score (nSPS) is 22.4. The Hall–Kier alpha value is -0.650. The van der Waals surface area contributed by atoms with Crippen molar-refractivity contribution in [2.75, 3.05) is 6.54 Å². The zero-order valence-corrected chi connectivity index (χ0v) is 13.7.